The van der Waals surface area contributed by atoms with Gasteiger partial charge in [-0.15, -0.1) is 0 Å². The topological polar surface area (TPSA) is 106 Å². The fraction of sp³-hybridized carbons (Fsp3) is 0.238. The van der Waals surface area contributed by atoms with Gasteiger partial charge in [-0.25, -0.2) is 10.2 Å². The first-order chi connectivity index (χ1) is 14.8. The van der Waals surface area contributed by atoms with Gasteiger partial charge in [-0.3, -0.25) is 9.59 Å². The molecule has 0 spiro atoms. The van der Waals surface area contributed by atoms with Gasteiger partial charge in [0.05, 0.1) is 23.0 Å². The van der Waals surface area contributed by atoms with E-state index in [1.165, 1.54) is 13.1 Å². The number of hydrogen-bond donors (Lipinski definition) is 2. The lowest BCUT2D eigenvalue weighted by Gasteiger charge is -2.11. The third-order valence-corrected chi connectivity index (χ3v) is 5.22. The zero-order valence-corrected chi connectivity index (χ0v) is 20.0. The van der Waals surface area contributed by atoms with Crippen LogP contribution in [-0.2, 0) is 19.1 Å². The van der Waals surface area contributed by atoms with E-state index in [9.17, 15) is 14.4 Å². The summed E-state index contributed by atoms with van der Waals surface area (Å²) in [6.45, 7) is 3.30. The Kier molecular flexibility index (Phi) is 9.67. The molecule has 0 aromatic heterocycles. The van der Waals surface area contributed by atoms with Crippen molar-refractivity contribution in [2.45, 2.75) is 13.8 Å². The number of halogens is 2. The number of para-hydroxylation sites is 1. The lowest BCUT2D eigenvalue weighted by Crippen LogP contribution is -2.34. The lowest BCUT2D eigenvalue weighted by atomic mass is 10.1. The van der Waals surface area contributed by atoms with Crippen LogP contribution >= 0.6 is 31.9 Å². The highest BCUT2D eigenvalue weighted by Gasteiger charge is 2.21. The number of anilines is 1. The van der Waals surface area contributed by atoms with Gasteiger partial charge in [-0.05, 0) is 81.6 Å². The van der Waals surface area contributed by atoms with Crippen molar-refractivity contribution in [3.05, 3.63) is 57.0 Å². The fourth-order valence-corrected chi connectivity index (χ4v) is 3.14. The Balaban J connectivity index is 1.88. The lowest BCUT2D eigenvalue weighted by molar-refractivity contribution is -0.145. The maximum atomic E-state index is 12.3. The van der Waals surface area contributed by atoms with Crippen LogP contribution in [0.2, 0.25) is 0 Å². The number of ether oxygens (including phenoxy) is 2. The standard InChI is InChI=1S/C21H21Br2N3O5/c1-3-30-19(27)12-31-18-9-8-14(10-16(18)23)11-24-26-21(29)13(2)20(28)25-17-7-5-4-6-15(17)22/h4-11,13H,3,12H2,1-2H3,(H,25,28)(H,26,29). The molecule has 2 aromatic rings. The zero-order chi connectivity index (χ0) is 22.8. The van der Waals surface area contributed by atoms with E-state index in [0.717, 1.165) is 0 Å². The monoisotopic (exact) mass is 553 g/mol. The quantitative estimate of drug-likeness (QED) is 0.212. The summed E-state index contributed by atoms with van der Waals surface area (Å²) >= 11 is 6.69. The molecule has 2 aromatic carbocycles. The van der Waals surface area contributed by atoms with E-state index < -0.39 is 23.7 Å². The van der Waals surface area contributed by atoms with E-state index >= 15 is 0 Å². The maximum absolute atomic E-state index is 12.3. The van der Waals surface area contributed by atoms with Crippen molar-refractivity contribution in [3.63, 3.8) is 0 Å². The number of hydrogen-bond acceptors (Lipinski definition) is 6. The molecule has 0 aliphatic heterocycles. The largest absolute Gasteiger partial charge is 0.481 e. The molecule has 0 bridgehead atoms. The number of amides is 2. The number of benzene rings is 2. The van der Waals surface area contributed by atoms with Crippen LogP contribution in [0.25, 0.3) is 0 Å². The van der Waals surface area contributed by atoms with Crippen molar-refractivity contribution in [1.82, 2.24) is 5.43 Å². The first kappa shape index (κ1) is 24.5. The molecule has 2 amide bonds. The van der Waals surface area contributed by atoms with E-state index in [1.807, 2.05) is 6.07 Å². The first-order valence-electron chi connectivity index (χ1n) is 9.28. The second-order valence-corrected chi connectivity index (χ2v) is 7.92. The maximum Gasteiger partial charge on any atom is 0.344 e. The summed E-state index contributed by atoms with van der Waals surface area (Å²) in [5.74, 6) is -1.94. The Morgan fingerprint density at radius 2 is 1.84 bits per heavy atom. The average Bonchev–Trinajstić information content (AvgIpc) is 2.74. The molecule has 164 valence electrons. The van der Waals surface area contributed by atoms with Crippen LogP contribution in [0.3, 0.4) is 0 Å². The van der Waals surface area contributed by atoms with E-state index in [4.69, 9.17) is 9.47 Å². The van der Waals surface area contributed by atoms with Crippen LogP contribution in [0.5, 0.6) is 5.75 Å². The Morgan fingerprint density at radius 3 is 2.52 bits per heavy atom. The molecule has 0 heterocycles. The SMILES string of the molecule is CCOC(=O)COc1ccc(C=NNC(=O)C(C)C(=O)Nc2ccccc2Br)cc1Br. The van der Waals surface area contributed by atoms with Crippen LogP contribution in [0.1, 0.15) is 19.4 Å². The molecule has 0 saturated carbocycles. The number of nitrogens with zero attached hydrogens (tertiary/aromatic N) is 1. The van der Waals surface area contributed by atoms with E-state index in [0.29, 0.717) is 25.9 Å². The van der Waals surface area contributed by atoms with E-state index in [2.05, 4.69) is 47.7 Å². The van der Waals surface area contributed by atoms with Gasteiger partial charge in [0, 0.05) is 4.47 Å². The predicted molar refractivity (Wildman–Crippen MR) is 124 cm³/mol. The average molecular weight is 555 g/mol. The summed E-state index contributed by atoms with van der Waals surface area (Å²) in [5.41, 5.74) is 3.59. The predicted octanol–water partition coefficient (Wildman–Crippen LogP) is 3.88. The molecule has 0 aliphatic rings. The molecule has 1 unspecified atom stereocenters. The van der Waals surface area contributed by atoms with Crippen molar-refractivity contribution >= 4 is 61.5 Å². The van der Waals surface area contributed by atoms with Crippen LogP contribution in [-0.4, -0.2) is 37.2 Å². The second kappa shape index (κ2) is 12.2. The highest BCUT2D eigenvalue weighted by molar-refractivity contribution is 9.11. The Labute approximate surface area is 196 Å². The molecule has 31 heavy (non-hydrogen) atoms. The molecule has 2 N–H and O–H groups in total. The second-order valence-electron chi connectivity index (χ2n) is 6.21. The summed E-state index contributed by atoms with van der Waals surface area (Å²) in [7, 11) is 0. The van der Waals surface area contributed by atoms with E-state index in [1.54, 1.807) is 43.3 Å². The molecular formula is C21H21Br2N3O5. The fourth-order valence-electron chi connectivity index (χ4n) is 2.24. The summed E-state index contributed by atoms with van der Waals surface area (Å²) in [6.07, 6.45) is 1.43. The van der Waals surface area contributed by atoms with Gasteiger partial charge in [-0.2, -0.15) is 5.10 Å². The number of carbonyl (C=O) groups is 3. The molecule has 2 rings (SSSR count). The van der Waals surface area contributed by atoms with Gasteiger partial charge in [-0.1, -0.05) is 12.1 Å². The summed E-state index contributed by atoms with van der Waals surface area (Å²) < 4.78 is 11.5. The highest BCUT2D eigenvalue weighted by Crippen LogP contribution is 2.25. The summed E-state index contributed by atoms with van der Waals surface area (Å²) in [5, 5.41) is 6.58. The molecule has 8 nitrogen and oxygen atoms in total. The van der Waals surface area contributed by atoms with Crippen molar-refractivity contribution in [3.8, 4) is 5.75 Å². The normalized spacial score (nSPS) is 11.6. The molecule has 0 fully saturated rings. The van der Waals surface area contributed by atoms with Crippen LogP contribution < -0.4 is 15.5 Å². The Hall–Kier alpha value is -2.72. The molecule has 1 atom stereocenters. The molecule has 0 radical (unpaired) electrons. The highest BCUT2D eigenvalue weighted by atomic mass is 79.9. The Morgan fingerprint density at radius 1 is 1.10 bits per heavy atom. The third-order valence-electron chi connectivity index (χ3n) is 3.91. The molecular weight excluding hydrogens is 534 g/mol. The number of rotatable bonds is 9. The van der Waals surface area contributed by atoms with Gasteiger partial charge < -0.3 is 14.8 Å². The third kappa shape index (κ3) is 7.80. The summed E-state index contributed by atoms with van der Waals surface area (Å²) in [4.78, 5) is 35.8. The number of carbonyl (C=O) groups excluding carboxylic acids is 3. The van der Waals surface area contributed by atoms with E-state index in [-0.39, 0.29) is 13.2 Å². The van der Waals surface area contributed by atoms with Crippen molar-refractivity contribution in [1.29, 1.82) is 0 Å². The van der Waals surface area contributed by atoms with Gasteiger partial charge in [0.15, 0.2) is 6.61 Å². The molecule has 0 aliphatic carbocycles. The molecule has 10 heteroatoms. The summed E-state index contributed by atoms with van der Waals surface area (Å²) in [6, 6.07) is 12.2. The van der Waals surface area contributed by atoms with Crippen LogP contribution in [0.4, 0.5) is 5.69 Å². The smallest absolute Gasteiger partial charge is 0.344 e. The number of nitrogens with one attached hydrogen (secondary N) is 2. The van der Waals surface area contributed by atoms with Crippen molar-refractivity contribution in [2.75, 3.05) is 18.5 Å². The number of hydrazone groups is 1. The molecule has 0 saturated heterocycles. The number of esters is 1. The minimum absolute atomic E-state index is 0.199. The van der Waals surface area contributed by atoms with Gasteiger partial charge in [0.25, 0.3) is 5.91 Å². The minimum Gasteiger partial charge on any atom is -0.481 e. The van der Waals surface area contributed by atoms with Gasteiger partial charge >= 0.3 is 5.97 Å². The first-order valence-corrected chi connectivity index (χ1v) is 10.9. The van der Waals surface area contributed by atoms with Crippen molar-refractivity contribution < 1.29 is 23.9 Å². The Bertz CT molecular complexity index is 981. The van der Waals surface area contributed by atoms with Crippen LogP contribution in [0.15, 0.2) is 56.5 Å². The van der Waals surface area contributed by atoms with Gasteiger partial charge in [0.2, 0.25) is 5.91 Å². The van der Waals surface area contributed by atoms with Crippen LogP contribution in [0, 0.1) is 5.92 Å². The van der Waals surface area contributed by atoms with Crippen molar-refractivity contribution in [2.24, 2.45) is 11.0 Å². The minimum atomic E-state index is -0.949. The zero-order valence-electron chi connectivity index (χ0n) is 16.9. The van der Waals surface area contributed by atoms with Gasteiger partial charge in [0.1, 0.15) is 11.7 Å².